The third-order valence-corrected chi connectivity index (χ3v) is 4.75. The quantitative estimate of drug-likeness (QED) is 0.787. The number of benzene rings is 1. The van der Waals surface area contributed by atoms with Gasteiger partial charge in [-0.1, -0.05) is 18.2 Å². The molecule has 0 bridgehead atoms. The molecule has 1 aliphatic heterocycles. The first-order chi connectivity index (χ1) is 14.0. The van der Waals surface area contributed by atoms with E-state index in [2.05, 4.69) is 10.3 Å². The first kappa shape index (κ1) is 21.4. The highest BCUT2D eigenvalue weighted by atomic mass is 16.6. The molecule has 3 rings (SSSR count). The number of aromatic nitrogens is 2. The van der Waals surface area contributed by atoms with Crippen molar-refractivity contribution in [3.63, 3.8) is 0 Å². The lowest BCUT2D eigenvalue weighted by molar-refractivity contribution is -0.123. The molecule has 9 heteroatoms. The van der Waals surface area contributed by atoms with Crippen LogP contribution in [0.3, 0.4) is 0 Å². The van der Waals surface area contributed by atoms with Crippen molar-refractivity contribution in [3.8, 4) is 0 Å². The van der Waals surface area contributed by atoms with E-state index in [0.29, 0.717) is 17.8 Å². The third-order valence-electron chi connectivity index (χ3n) is 4.75. The number of nitrogens with zero attached hydrogens (tertiary/aromatic N) is 3. The number of carbonyl (C=O) groups is 3. The number of nitrogens with two attached hydrogens (primary N) is 1. The van der Waals surface area contributed by atoms with Gasteiger partial charge in [0.1, 0.15) is 18.2 Å². The minimum Gasteiger partial charge on any atom is -0.444 e. The highest BCUT2D eigenvalue weighted by Gasteiger charge is 2.40. The van der Waals surface area contributed by atoms with Crippen molar-refractivity contribution in [2.24, 2.45) is 12.8 Å². The Morgan fingerprint density at radius 1 is 1.30 bits per heavy atom. The van der Waals surface area contributed by atoms with Gasteiger partial charge in [0.05, 0.1) is 12.0 Å². The van der Waals surface area contributed by atoms with E-state index in [1.807, 2.05) is 25.4 Å². The minimum atomic E-state index is -0.985. The topological polar surface area (TPSA) is 120 Å². The number of primary amides is 1. The van der Waals surface area contributed by atoms with E-state index in [1.54, 1.807) is 43.8 Å². The summed E-state index contributed by atoms with van der Waals surface area (Å²) in [5.74, 6) is -1.55. The van der Waals surface area contributed by atoms with Crippen LogP contribution >= 0.6 is 0 Å². The first-order valence-electron chi connectivity index (χ1n) is 9.70. The Bertz CT molecular complexity index is 962. The van der Waals surface area contributed by atoms with Gasteiger partial charge >= 0.3 is 6.09 Å². The second-order valence-corrected chi connectivity index (χ2v) is 8.42. The first-order valence-corrected chi connectivity index (χ1v) is 9.70. The SMILES string of the molecule is Cn1cnc([C@@H]2Cc3ccccc3N(CC(N)=O)C(=O)[C@@H]2NC(=O)OC(C)(C)C)c1. The summed E-state index contributed by atoms with van der Waals surface area (Å²) in [5.41, 5.74) is 6.79. The summed E-state index contributed by atoms with van der Waals surface area (Å²) in [4.78, 5) is 43.5. The molecule has 3 amide bonds. The molecule has 2 aromatic rings. The lowest BCUT2D eigenvalue weighted by atomic mass is 9.90. The van der Waals surface area contributed by atoms with Gasteiger partial charge in [-0.25, -0.2) is 9.78 Å². The highest BCUT2D eigenvalue weighted by molar-refractivity contribution is 6.04. The number of nitrogens with one attached hydrogen (secondary N) is 1. The monoisotopic (exact) mass is 413 g/mol. The molecule has 0 radical (unpaired) electrons. The highest BCUT2D eigenvalue weighted by Crippen LogP contribution is 2.34. The lowest BCUT2D eigenvalue weighted by Gasteiger charge is -2.29. The second-order valence-electron chi connectivity index (χ2n) is 8.42. The molecule has 0 saturated heterocycles. The molecule has 0 spiro atoms. The fraction of sp³-hybridized carbons (Fsp3) is 0.429. The summed E-state index contributed by atoms with van der Waals surface area (Å²) in [5, 5.41) is 2.71. The lowest BCUT2D eigenvalue weighted by Crippen LogP contribution is -2.53. The number of anilines is 1. The zero-order valence-electron chi connectivity index (χ0n) is 17.6. The molecule has 2 atom stereocenters. The Labute approximate surface area is 175 Å². The van der Waals surface area contributed by atoms with E-state index in [1.165, 1.54) is 4.90 Å². The summed E-state index contributed by atoms with van der Waals surface area (Å²) in [6.45, 7) is 4.93. The van der Waals surface area contributed by atoms with Crippen LogP contribution < -0.4 is 16.0 Å². The number of carbonyl (C=O) groups excluding carboxylic acids is 3. The van der Waals surface area contributed by atoms with Gasteiger partial charge in [0.2, 0.25) is 5.91 Å². The summed E-state index contributed by atoms with van der Waals surface area (Å²) in [7, 11) is 1.83. The molecule has 9 nitrogen and oxygen atoms in total. The van der Waals surface area contributed by atoms with Crippen LogP contribution in [0.4, 0.5) is 10.5 Å². The smallest absolute Gasteiger partial charge is 0.408 e. The maximum atomic E-state index is 13.5. The zero-order chi connectivity index (χ0) is 22.1. The van der Waals surface area contributed by atoms with Gasteiger partial charge in [0, 0.05) is 24.8 Å². The Morgan fingerprint density at radius 3 is 2.60 bits per heavy atom. The number of imidazole rings is 1. The molecule has 0 fully saturated rings. The number of para-hydroxylation sites is 1. The number of hydrogen-bond donors (Lipinski definition) is 2. The van der Waals surface area contributed by atoms with Crippen molar-refractivity contribution >= 4 is 23.6 Å². The van der Waals surface area contributed by atoms with E-state index >= 15 is 0 Å². The average molecular weight is 413 g/mol. The number of aryl methyl sites for hydroxylation is 1. The molecule has 2 heterocycles. The number of hydrogen-bond acceptors (Lipinski definition) is 5. The predicted molar refractivity (Wildman–Crippen MR) is 111 cm³/mol. The van der Waals surface area contributed by atoms with Gasteiger partial charge in [-0.05, 0) is 38.8 Å². The average Bonchev–Trinajstić information content (AvgIpc) is 3.03. The summed E-state index contributed by atoms with van der Waals surface area (Å²) < 4.78 is 7.15. The fourth-order valence-corrected chi connectivity index (χ4v) is 3.58. The molecule has 30 heavy (non-hydrogen) atoms. The van der Waals surface area contributed by atoms with Crippen molar-refractivity contribution in [2.75, 3.05) is 11.4 Å². The van der Waals surface area contributed by atoms with Crippen molar-refractivity contribution < 1.29 is 19.1 Å². The molecule has 0 aliphatic carbocycles. The van der Waals surface area contributed by atoms with Crippen LogP contribution in [-0.4, -0.2) is 45.6 Å². The third kappa shape index (κ3) is 4.79. The Balaban J connectivity index is 2.06. The Morgan fingerprint density at radius 2 is 2.00 bits per heavy atom. The second kappa shape index (κ2) is 8.17. The van der Waals surface area contributed by atoms with E-state index in [9.17, 15) is 14.4 Å². The molecule has 0 saturated carbocycles. The minimum absolute atomic E-state index is 0.294. The van der Waals surface area contributed by atoms with Crippen molar-refractivity contribution in [3.05, 3.63) is 48.0 Å². The molecule has 1 aromatic heterocycles. The molecule has 1 aromatic carbocycles. The van der Waals surface area contributed by atoms with Crippen molar-refractivity contribution in [2.45, 2.75) is 44.8 Å². The van der Waals surface area contributed by atoms with Crippen molar-refractivity contribution in [1.82, 2.24) is 14.9 Å². The van der Waals surface area contributed by atoms with Gasteiger partial charge in [-0.2, -0.15) is 0 Å². The van der Waals surface area contributed by atoms with Crippen LogP contribution in [0.1, 0.15) is 37.9 Å². The van der Waals surface area contributed by atoms with Gasteiger partial charge in [0.25, 0.3) is 5.91 Å². The van der Waals surface area contributed by atoms with E-state index in [-0.39, 0.29) is 6.54 Å². The summed E-state index contributed by atoms with van der Waals surface area (Å²) in [6.07, 6.45) is 3.18. The largest absolute Gasteiger partial charge is 0.444 e. The van der Waals surface area contributed by atoms with Gasteiger partial charge < -0.3 is 25.3 Å². The van der Waals surface area contributed by atoms with Crippen LogP contribution in [-0.2, 0) is 27.8 Å². The maximum Gasteiger partial charge on any atom is 0.408 e. The number of rotatable bonds is 4. The molecule has 0 unspecified atom stereocenters. The van der Waals surface area contributed by atoms with E-state index in [4.69, 9.17) is 10.5 Å². The van der Waals surface area contributed by atoms with E-state index in [0.717, 1.165) is 5.56 Å². The number of alkyl carbamates (subject to hydrolysis) is 1. The standard InChI is InChI=1S/C21H27N5O4/c1-21(2,3)30-20(29)24-18-14(15-10-25(4)12-23-15)9-13-7-5-6-8-16(13)26(19(18)28)11-17(22)27/h5-8,10,12,14,18H,9,11H2,1-4H3,(H2,22,27)(H,24,29)/t14-,18+/m0/s1. The fourth-order valence-electron chi connectivity index (χ4n) is 3.58. The van der Waals surface area contributed by atoms with Crippen LogP contribution in [0.2, 0.25) is 0 Å². The van der Waals surface area contributed by atoms with E-state index < -0.39 is 35.5 Å². The number of amides is 3. The van der Waals surface area contributed by atoms with Gasteiger partial charge in [-0.3, -0.25) is 9.59 Å². The molecular formula is C21H27N5O4. The Kier molecular flexibility index (Phi) is 5.82. The number of fused-ring (bicyclic) bond motifs is 1. The number of ether oxygens (including phenoxy) is 1. The maximum absolute atomic E-state index is 13.5. The van der Waals surface area contributed by atoms with Crippen molar-refractivity contribution in [1.29, 1.82) is 0 Å². The Hall–Kier alpha value is -3.36. The molecule has 1 aliphatic rings. The van der Waals surface area contributed by atoms with Crippen LogP contribution in [0.5, 0.6) is 0 Å². The van der Waals surface area contributed by atoms with Crippen LogP contribution in [0.25, 0.3) is 0 Å². The summed E-state index contributed by atoms with van der Waals surface area (Å²) in [6, 6.07) is 6.33. The van der Waals surface area contributed by atoms with Gasteiger partial charge in [-0.15, -0.1) is 0 Å². The van der Waals surface area contributed by atoms with Crippen LogP contribution in [0.15, 0.2) is 36.8 Å². The predicted octanol–water partition coefficient (Wildman–Crippen LogP) is 1.47. The van der Waals surface area contributed by atoms with Gasteiger partial charge in [0.15, 0.2) is 0 Å². The van der Waals surface area contributed by atoms with Crippen LogP contribution in [0, 0.1) is 0 Å². The molecule has 3 N–H and O–H groups in total. The normalized spacial score (nSPS) is 19.1. The zero-order valence-corrected chi connectivity index (χ0v) is 17.6. The molecule has 160 valence electrons. The summed E-state index contributed by atoms with van der Waals surface area (Å²) >= 11 is 0. The molecular weight excluding hydrogens is 386 g/mol.